The minimum atomic E-state index is -0.0489. The van der Waals surface area contributed by atoms with E-state index in [1.165, 1.54) is 6.07 Å². The van der Waals surface area contributed by atoms with Crippen molar-refractivity contribution in [2.24, 2.45) is 0 Å². The van der Waals surface area contributed by atoms with Crippen molar-refractivity contribution in [3.8, 4) is 11.5 Å². The molecule has 1 aromatic heterocycles. The Labute approximate surface area is 121 Å². The number of H-pyrrole nitrogens is 1. The molecule has 0 amide bonds. The quantitative estimate of drug-likeness (QED) is 0.768. The smallest absolute Gasteiger partial charge is 0.254 e. The van der Waals surface area contributed by atoms with E-state index in [2.05, 4.69) is 14.9 Å². The van der Waals surface area contributed by atoms with Gasteiger partial charge in [0.1, 0.15) is 17.3 Å². The number of fused-ring (bicyclic) bond motifs is 1. The fraction of sp³-hybridized carbons (Fsp3) is 0.333. The molecule has 0 spiro atoms. The van der Waals surface area contributed by atoms with Gasteiger partial charge in [-0.05, 0) is 31.0 Å². The zero-order chi connectivity index (χ0) is 15.0. The second kappa shape index (κ2) is 5.21. The normalized spacial score (nSPS) is 14.9. The van der Waals surface area contributed by atoms with Crippen LogP contribution in [-0.4, -0.2) is 31.6 Å². The lowest BCUT2D eigenvalue weighted by atomic mass is 10.1. The largest absolute Gasteiger partial charge is 0.508 e. The van der Waals surface area contributed by atoms with Crippen LogP contribution in [0, 0.1) is 6.92 Å². The van der Waals surface area contributed by atoms with E-state index in [0.29, 0.717) is 25.3 Å². The van der Waals surface area contributed by atoms with Gasteiger partial charge in [0.05, 0.1) is 5.69 Å². The number of aryl methyl sites for hydroxylation is 1. The summed E-state index contributed by atoms with van der Waals surface area (Å²) in [6.45, 7) is 3.70. The van der Waals surface area contributed by atoms with Crippen molar-refractivity contribution in [2.75, 3.05) is 6.54 Å². The van der Waals surface area contributed by atoms with Crippen LogP contribution < -0.4 is 5.56 Å². The first kappa shape index (κ1) is 13.6. The van der Waals surface area contributed by atoms with E-state index in [-0.39, 0.29) is 17.1 Å². The van der Waals surface area contributed by atoms with Crippen molar-refractivity contribution in [1.29, 1.82) is 0 Å². The molecule has 21 heavy (non-hydrogen) atoms. The van der Waals surface area contributed by atoms with Gasteiger partial charge >= 0.3 is 0 Å². The highest BCUT2D eigenvalue weighted by Crippen LogP contribution is 2.23. The van der Waals surface area contributed by atoms with E-state index in [1.54, 1.807) is 19.1 Å². The van der Waals surface area contributed by atoms with E-state index in [1.807, 2.05) is 0 Å². The van der Waals surface area contributed by atoms with Crippen molar-refractivity contribution in [3.05, 3.63) is 51.2 Å². The van der Waals surface area contributed by atoms with E-state index < -0.39 is 0 Å². The van der Waals surface area contributed by atoms with E-state index in [9.17, 15) is 15.0 Å². The topological polar surface area (TPSA) is 89.5 Å². The number of hydrogen-bond donors (Lipinski definition) is 3. The molecule has 1 aliphatic heterocycles. The van der Waals surface area contributed by atoms with E-state index >= 15 is 0 Å². The number of rotatable bonds is 2. The number of aromatic hydroxyl groups is 2. The Hall–Kier alpha value is -2.34. The van der Waals surface area contributed by atoms with Crippen LogP contribution >= 0.6 is 0 Å². The number of nitrogens with zero attached hydrogens (tertiary/aromatic N) is 2. The summed E-state index contributed by atoms with van der Waals surface area (Å²) in [6, 6.07) is 4.57. The Morgan fingerprint density at radius 2 is 2.00 bits per heavy atom. The Kier molecular flexibility index (Phi) is 3.39. The molecule has 110 valence electrons. The fourth-order valence-electron chi connectivity index (χ4n) is 2.76. The SMILES string of the molecule is Cc1nc2c(c(=O)[nH]1)CCN(Cc1cc(O)cc(O)c1)C2. The molecule has 0 unspecified atom stereocenters. The van der Waals surface area contributed by atoms with Crippen LogP contribution in [0.2, 0.25) is 0 Å². The molecule has 0 fully saturated rings. The minimum Gasteiger partial charge on any atom is -0.508 e. The second-order valence-corrected chi connectivity index (χ2v) is 5.39. The van der Waals surface area contributed by atoms with Crippen LogP contribution in [0.4, 0.5) is 0 Å². The van der Waals surface area contributed by atoms with Crippen LogP contribution in [0.25, 0.3) is 0 Å². The number of aromatic nitrogens is 2. The maximum atomic E-state index is 11.9. The van der Waals surface area contributed by atoms with Crippen molar-refractivity contribution >= 4 is 0 Å². The average Bonchev–Trinajstić information content (AvgIpc) is 2.36. The summed E-state index contributed by atoms with van der Waals surface area (Å²) in [5, 5.41) is 19.0. The third kappa shape index (κ3) is 2.90. The van der Waals surface area contributed by atoms with Crippen LogP contribution in [-0.2, 0) is 19.5 Å². The van der Waals surface area contributed by atoms with Gasteiger partial charge in [0, 0.05) is 31.3 Å². The number of hydrogen-bond acceptors (Lipinski definition) is 5. The molecular formula is C15H17N3O3. The highest BCUT2D eigenvalue weighted by molar-refractivity contribution is 5.36. The zero-order valence-electron chi connectivity index (χ0n) is 11.8. The third-order valence-corrected chi connectivity index (χ3v) is 3.64. The molecule has 1 aliphatic rings. The Balaban J connectivity index is 1.81. The van der Waals surface area contributed by atoms with Crippen molar-refractivity contribution in [3.63, 3.8) is 0 Å². The Bertz CT molecular complexity index is 719. The summed E-state index contributed by atoms with van der Waals surface area (Å²) < 4.78 is 0. The van der Waals surface area contributed by atoms with E-state index in [4.69, 9.17) is 0 Å². The molecule has 6 nitrogen and oxygen atoms in total. The number of phenolic OH excluding ortho intramolecular Hbond substituents is 2. The van der Waals surface area contributed by atoms with Gasteiger partial charge in [-0.25, -0.2) is 4.98 Å². The molecule has 0 bridgehead atoms. The molecule has 6 heteroatoms. The number of phenols is 2. The molecule has 3 rings (SSSR count). The van der Waals surface area contributed by atoms with Crippen molar-refractivity contribution in [2.45, 2.75) is 26.4 Å². The number of aromatic amines is 1. The van der Waals surface area contributed by atoms with Gasteiger partial charge in [-0.1, -0.05) is 0 Å². The van der Waals surface area contributed by atoms with Gasteiger partial charge in [0.25, 0.3) is 5.56 Å². The summed E-state index contributed by atoms with van der Waals surface area (Å²) in [6.07, 6.45) is 0.656. The van der Waals surface area contributed by atoms with E-state index in [0.717, 1.165) is 23.4 Å². The average molecular weight is 287 g/mol. The monoisotopic (exact) mass is 287 g/mol. The lowest BCUT2D eigenvalue weighted by molar-refractivity contribution is 0.239. The van der Waals surface area contributed by atoms with Gasteiger partial charge in [0.2, 0.25) is 0 Å². The summed E-state index contributed by atoms with van der Waals surface area (Å²) in [4.78, 5) is 21.1. The van der Waals surface area contributed by atoms with Crippen LogP contribution in [0.5, 0.6) is 11.5 Å². The molecule has 2 heterocycles. The summed E-state index contributed by atoms with van der Waals surface area (Å²) in [7, 11) is 0. The standard InChI is InChI=1S/C15H17N3O3/c1-9-16-14-8-18(3-2-13(14)15(21)17-9)7-10-4-11(19)6-12(20)5-10/h4-6,19-20H,2-3,7-8H2,1H3,(H,16,17,21). The molecule has 0 atom stereocenters. The first-order valence-electron chi connectivity index (χ1n) is 6.84. The highest BCUT2D eigenvalue weighted by Gasteiger charge is 2.20. The molecular weight excluding hydrogens is 270 g/mol. The molecule has 0 saturated heterocycles. The molecule has 0 aliphatic carbocycles. The Morgan fingerprint density at radius 1 is 1.29 bits per heavy atom. The third-order valence-electron chi connectivity index (χ3n) is 3.64. The molecule has 3 N–H and O–H groups in total. The lowest BCUT2D eigenvalue weighted by Crippen LogP contribution is -2.35. The second-order valence-electron chi connectivity index (χ2n) is 5.39. The van der Waals surface area contributed by atoms with Gasteiger partial charge in [-0.3, -0.25) is 9.69 Å². The first-order chi connectivity index (χ1) is 10.0. The van der Waals surface area contributed by atoms with Gasteiger partial charge in [-0.2, -0.15) is 0 Å². The Morgan fingerprint density at radius 3 is 2.71 bits per heavy atom. The predicted molar refractivity (Wildman–Crippen MR) is 77.2 cm³/mol. The molecule has 0 radical (unpaired) electrons. The van der Waals surface area contributed by atoms with Crippen LogP contribution in [0.3, 0.4) is 0 Å². The van der Waals surface area contributed by atoms with Gasteiger partial charge in [-0.15, -0.1) is 0 Å². The number of nitrogens with one attached hydrogen (secondary N) is 1. The predicted octanol–water partition coefficient (Wildman–Crippen LogP) is 1.05. The highest BCUT2D eigenvalue weighted by atomic mass is 16.3. The van der Waals surface area contributed by atoms with Crippen molar-refractivity contribution in [1.82, 2.24) is 14.9 Å². The lowest BCUT2D eigenvalue weighted by Gasteiger charge is -2.27. The first-order valence-corrected chi connectivity index (χ1v) is 6.84. The van der Waals surface area contributed by atoms with Crippen LogP contribution in [0.15, 0.2) is 23.0 Å². The zero-order valence-corrected chi connectivity index (χ0v) is 11.8. The summed E-state index contributed by atoms with van der Waals surface area (Å²) >= 11 is 0. The van der Waals surface area contributed by atoms with Crippen LogP contribution in [0.1, 0.15) is 22.6 Å². The van der Waals surface area contributed by atoms with Gasteiger partial charge < -0.3 is 15.2 Å². The summed E-state index contributed by atoms with van der Waals surface area (Å²) in [5.41, 5.74) is 2.35. The molecule has 0 saturated carbocycles. The maximum Gasteiger partial charge on any atom is 0.254 e. The summed E-state index contributed by atoms with van der Waals surface area (Å²) in [5.74, 6) is 0.719. The minimum absolute atomic E-state index is 0.0489. The number of benzene rings is 1. The molecule has 2 aromatic rings. The maximum absolute atomic E-state index is 11.9. The fourth-order valence-corrected chi connectivity index (χ4v) is 2.76. The molecule has 1 aromatic carbocycles. The van der Waals surface area contributed by atoms with Gasteiger partial charge in [0.15, 0.2) is 0 Å². The van der Waals surface area contributed by atoms with Crippen molar-refractivity contribution < 1.29 is 10.2 Å².